The lowest BCUT2D eigenvalue weighted by Crippen LogP contribution is -2.41. The van der Waals surface area contributed by atoms with Crippen molar-refractivity contribution >= 4 is 0 Å². The number of hydrogen-bond acceptors (Lipinski definition) is 3. The summed E-state index contributed by atoms with van der Waals surface area (Å²) in [4.78, 5) is 0. The number of rotatable bonds is 1. The summed E-state index contributed by atoms with van der Waals surface area (Å²) in [7, 11) is 0. The minimum atomic E-state index is -0.328. The van der Waals surface area contributed by atoms with Crippen LogP contribution in [-0.4, -0.2) is 21.0 Å². The highest BCUT2D eigenvalue weighted by Crippen LogP contribution is 2.44. The van der Waals surface area contributed by atoms with E-state index < -0.39 is 0 Å². The van der Waals surface area contributed by atoms with Crippen molar-refractivity contribution in [3.63, 3.8) is 0 Å². The minimum Gasteiger partial charge on any atom is -0.339 e. The molecule has 1 aromatic heterocycles. The molecule has 0 saturated carbocycles. The van der Waals surface area contributed by atoms with Gasteiger partial charge >= 0.3 is 0 Å². The Morgan fingerprint density at radius 2 is 1.61 bits per heavy atom. The van der Waals surface area contributed by atoms with Crippen molar-refractivity contribution in [3.05, 3.63) is 18.0 Å². The first-order valence-electron chi connectivity index (χ1n) is 6.44. The van der Waals surface area contributed by atoms with E-state index in [2.05, 4.69) is 53.6 Å². The fraction of sp³-hybridized carbons (Fsp3) is 0.786. The SMILES string of the molecule is CC(C)(C)n1cc(C2OC(C)(C)C(C)(C)O2)cn1. The van der Waals surface area contributed by atoms with Crippen molar-refractivity contribution in [1.29, 1.82) is 0 Å². The summed E-state index contributed by atoms with van der Waals surface area (Å²) in [6.07, 6.45) is 3.50. The fourth-order valence-corrected chi connectivity index (χ4v) is 1.80. The summed E-state index contributed by atoms with van der Waals surface area (Å²) in [5, 5.41) is 4.38. The summed E-state index contributed by atoms with van der Waals surface area (Å²) in [6.45, 7) is 14.6. The largest absolute Gasteiger partial charge is 0.339 e. The summed E-state index contributed by atoms with van der Waals surface area (Å²) >= 11 is 0. The van der Waals surface area contributed by atoms with Crippen molar-refractivity contribution < 1.29 is 9.47 Å². The Labute approximate surface area is 109 Å². The van der Waals surface area contributed by atoms with Gasteiger partial charge in [-0.15, -0.1) is 0 Å². The first-order valence-corrected chi connectivity index (χ1v) is 6.44. The third-order valence-electron chi connectivity index (χ3n) is 3.82. The highest BCUT2D eigenvalue weighted by Gasteiger charge is 2.49. The van der Waals surface area contributed by atoms with E-state index in [4.69, 9.17) is 9.47 Å². The highest BCUT2D eigenvalue weighted by molar-refractivity contribution is 5.11. The molecule has 4 nitrogen and oxygen atoms in total. The number of ether oxygens (including phenoxy) is 2. The summed E-state index contributed by atoms with van der Waals surface area (Å²) < 4.78 is 13.9. The zero-order valence-corrected chi connectivity index (χ0v) is 12.4. The van der Waals surface area contributed by atoms with Gasteiger partial charge in [0, 0.05) is 11.8 Å². The number of aromatic nitrogens is 2. The average Bonchev–Trinajstić information content (AvgIpc) is 2.69. The Kier molecular flexibility index (Phi) is 2.87. The maximum Gasteiger partial charge on any atom is 0.188 e. The van der Waals surface area contributed by atoms with E-state index in [9.17, 15) is 0 Å². The molecule has 0 amide bonds. The Balaban J connectivity index is 2.23. The normalized spacial score (nSPS) is 23.5. The molecule has 1 fully saturated rings. The molecule has 0 aliphatic carbocycles. The van der Waals surface area contributed by atoms with Crippen LogP contribution >= 0.6 is 0 Å². The van der Waals surface area contributed by atoms with Gasteiger partial charge in [-0.25, -0.2) is 0 Å². The number of hydrogen-bond donors (Lipinski definition) is 0. The van der Waals surface area contributed by atoms with Gasteiger partial charge in [-0.1, -0.05) is 0 Å². The molecule has 1 aliphatic rings. The van der Waals surface area contributed by atoms with Crippen LogP contribution in [0, 0.1) is 0 Å². The topological polar surface area (TPSA) is 36.3 Å². The lowest BCUT2D eigenvalue weighted by atomic mass is 9.90. The summed E-state index contributed by atoms with van der Waals surface area (Å²) in [5.41, 5.74) is 0.341. The molecular weight excluding hydrogens is 228 g/mol. The molecule has 1 aliphatic heterocycles. The van der Waals surface area contributed by atoms with Crippen molar-refractivity contribution in [2.24, 2.45) is 0 Å². The lowest BCUT2D eigenvalue weighted by molar-refractivity contribution is -0.0896. The molecule has 0 bridgehead atoms. The second-order valence-corrected chi connectivity index (χ2v) is 6.98. The molecule has 0 unspecified atom stereocenters. The Morgan fingerprint density at radius 1 is 1.11 bits per heavy atom. The Morgan fingerprint density at radius 3 is 2.00 bits per heavy atom. The van der Waals surface area contributed by atoms with Crippen LogP contribution in [0.15, 0.2) is 12.4 Å². The fourth-order valence-electron chi connectivity index (χ4n) is 1.80. The maximum absolute atomic E-state index is 6.00. The monoisotopic (exact) mass is 252 g/mol. The molecule has 0 atom stereocenters. The van der Waals surface area contributed by atoms with Gasteiger partial charge in [0.2, 0.25) is 0 Å². The molecule has 2 rings (SSSR count). The van der Waals surface area contributed by atoms with Gasteiger partial charge in [0.15, 0.2) is 6.29 Å². The second kappa shape index (κ2) is 3.81. The van der Waals surface area contributed by atoms with Crippen LogP contribution in [0.3, 0.4) is 0 Å². The molecule has 0 aromatic carbocycles. The molecule has 0 N–H and O–H groups in total. The smallest absolute Gasteiger partial charge is 0.188 e. The molecule has 1 aromatic rings. The third-order valence-corrected chi connectivity index (χ3v) is 3.82. The number of nitrogens with zero attached hydrogens (tertiary/aromatic N) is 2. The highest BCUT2D eigenvalue weighted by atomic mass is 16.7. The van der Waals surface area contributed by atoms with Gasteiger partial charge in [0.05, 0.1) is 22.9 Å². The zero-order chi connectivity index (χ0) is 13.8. The van der Waals surface area contributed by atoms with Crippen molar-refractivity contribution in [1.82, 2.24) is 9.78 Å². The summed E-state index contributed by atoms with van der Waals surface area (Å²) in [6, 6.07) is 0. The van der Waals surface area contributed by atoms with Crippen molar-refractivity contribution in [2.45, 2.75) is 71.5 Å². The predicted octanol–water partition coefficient (Wildman–Crippen LogP) is 3.24. The quantitative estimate of drug-likeness (QED) is 0.770. The van der Waals surface area contributed by atoms with Crippen molar-refractivity contribution in [3.8, 4) is 0 Å². The van der Waals surface area contributed by atoms with Gasteiger partial charge in [-0.2, -0.15) is 5.10 Å². The first-order chi connectivity index (χ1) is 8.03. The molecule has 2 heterocycles. The van der Waals surface area contributed by atoms with Crippen LogP contribution < -0.4 is 0 Å². The molecular formula is C14H24N2O2. The minimum absolute atomic E-state index is 0.0259. The average molecular weight is 252 g/mol. The van der Waals surface area contributed by atoms with E-state index >= 15 is 0 Å². The van der Waals surface area contributed by atoms with Crippen LogP contribution in [0.1, 0.15) is 60.3 Å². The standard InChI is InChI=1S/C14H24N2O2/c1-12(2,3)16-9-10(8-15-16)11-17-13(4,5)14(6,7)18-11/h8-9,11H,1-7H3. The molecule has 1 saturated heterocycles. The van der Waals surface area contributed by atoms with Crippen LogP contribution in [0.25, 0.3) is 0 Å². The van der Waals surface area contributed by atoms with E-state index in [-0.39, 0.29) is 23.0 Å². The predicted molar refractivity (Wildman–Crippen MR) is 70.3 cm³/mol. The Bertz CT molecular complexity index is 425. The lowest BCUT2D eigenvalue weighted by Gasteiger charge is -2.30. The van der Waals surface area contributed by atoms with Gasteiger partial charge in [0.1, 0.15) is 0 Å². The Hall–Kier alpha value is -0.870. The summed E-state index contributed by atoms with van der Waals surface area (Å²) in [5.74, 6) is 0. The van der Waals surface area contributed by atoms with Gasteiger partial charge < -0.3 is 9.47 Å². The van der Waals surface area contributed by atoms with E-state index in [1.807, 2.05) is 17.1 Å². The van der Waals surface area contributed by atoms with Crippen LogP contribution in [0.5, 0.6) is 0 Å². The maximum atomic E-state index is 6.00. The second-order valence-electron chi connectivity index (χ2n) is 6.98. The third kappa shape index (κ3) is 2.19. The molecule has 102 valence electrons. The van der Waals surface area contributed by atoms with E-state index in [1.165, 1.54) is 0 Å². The van der Waals surface area contributed by atoms with E-state index in [0.29, 0.717) is 0 Å². The van der Waals surface area contributed by atoms with E-state index in [0.717, 1.165) is 5.56 Å². The molecule has 0 radical (unpaired) electrons. The van der Waals surface area contributed by atoms with Crippen molar-refractivity contribution in [2.75, 3.05) is 0 Å². The van der Waals surface area contributed by atoms with Crippen LogP contribution in [0.4, 0.5) is 0 Å². The van der Waals surface area contributed by atoms with Gasteiger partial charge in [-0.3, -0.25) is 4.68 Å². The van der Waals surface area contributed by atoms with Gasteiger partial charge in [-0.05, 0) is 48.5 Å². The zero-order valence-electron chi connectivity index (χ0n) is 12.4. The molecule has 18 heavy (non-hydrogen) atoms. The first kappa shape index (κ1) is 13.6. The van der Waals surface area contributed by atoms with Crippen LogP contribution in [-0.2, 0) is 15.0 Å². The van der Waals surface area contributed by atoms with Gasteiger partial charge in [0.25, 0.3) is 0 Å². The molecule has 0 spiro atoms. The van der Waals surface area contributed by atoms with Crippen LogP contribution in [0.2, 0.25) is 0 Å². The van der Waals surface area contributed by atoms with E-state index in [1.54, 1.807) is 0 Å². The molecule has 4 heteroatoms.